The van der Waals surface area contributed by atoms with Crippen molar-refractivity contribution >= 4 is 55.4 Å². The molecular weight excluding hydrogens is 328 g/mol. The van der Waals surface area contributed by atoms with Gasteiger partial charge in [-0.3, -0.25) is 9.78 Å². The Morgan fingerprint density at radius 3 is 2.78 bits per heavy atom. The Morgan fingerprint density at radius 1 is 1.09 bits per heavy atom. The van der Waals surface area contributed by atoms with Crippen LogP contribution >= 0.6 is 22.9 Å². The van der Waals surface area contributed by atoms with Crippen molar-refractivity contribution < 1.29 is 4.79 Å². The van der Waals surface area contributed by atoms with Crippen LogP contribution in [0, 0.1) is 0 Å². The first-order chi connectivity index (χ1) is 11.2. The molecule has 0 aliphatic carbocycles. The van der Waals surface area contributed by atoms with E-state index < -0.39 is 0 Å². The lowest BCUT2D eigenvalue weighted by Gasteiger charge is -2.03. The zero-order chi connectivity index (χ0) is 15.8. The molecule has 4 rings (SSSR count). The minimum absolute atomic E-state index is 0.215. The van der Waals surface area contributed by atoms with Gasteiger partial charge in [-0.25, -0.2) is 0 Å². The fraction of sp³-hybridized carbons (Fsp3) is 0. The number of anilines is 1. The van der Waals surface area contributed by atoms with E-state index in [2.05, 4.69) is 10.3 Å². The summed E-state index contributed by atoms with van der Waals surface area (Å²) in [6, 6.07) is 15.7. The highest BCUT2D eigenvalue weighted by Gasteiger charge is 2.18. The fourth-order valence-corrected chi connectivity index (χ4v) is 4.07. The summed E-state index contributed by atoms with van der Waals surface area (Å²) in [6.45, 7) is 0. The molecular formula is C18H11ClN2OS. The second-order valence-corrected chi connectivity index (χ2v) is 6.53. The van der Waals surface area contributed by atoms with Crippen molar-refractivity contribution in [1.29, 1.82) is 0 Å². The summed E-state index contributed by atoms with van der Waals surface area (Å²) in [6.07, 6.45) is 3.27. The van der Waals surface area contributed by atoms with E-state index in [-0.39, 0.29) is 5.91 Å². The quantitative estimate of drug-likeness (QED) is 0.535. The van der Waals surface area contributed by atoms with Gasteiger partial charge < -0.3 is 5.32 Å². The molecule has 4 aromatic rings. The molecule has 0 spiro atoms. The SMILES string of the molecule is O=C(Nc1cccnc1)c1sc2ccc3ccccc3c2c1Cl. The third-order valence-corrected chi connectivity index (χ3v) is 5.29. The number of aromatic nitrogens is 1. The van der Waals surface area contributed by atoms with Crippen LogP contribution in [0.3, 0.4) is 0 Å². The lowest BCUT2D eigenvalue weighted by molar-refractivity contribution is 0.103. The number of fused-ring (bicyclic) bond motifs is 3. The van der Waals surface area contributed by atoms with E-state index in [1.807, 2.05) is 36.4 Å². The molecule has 0 aliphatic heterocycles. The van der Waals surface area contributed by atoms with Crippen LogP contribution in [-0.2, 0) is 0 Å². The number of carbonyl (C=O) groups is 1. The van der Waals surface area contributed by atoms with Crippen molar-refractivity contribution in [3.8, 4) is 0 Å². The molecule has 0 aliphatic rings. The summed E-state index contributed by atoms with van der Waals surface area (Å²) < 4.78 is 1.00. The second-order valence-electron chi connectivity index (χ2n) is 5.10. The van der Waals surface area contributed by atoms with Gasteiger partial charge >= 0.3 is 0 Å². The zero-order valence-corrected chi connectivity index (χ0v) is 13.5. The summed E-state index contributed by atoms with van der Waals surface area (Å²) in [4.78, 5) is 17.0. The molecule has 0 atom stereocenters. The number of carbonyl (C=O) groups excluding carboxylic acids is 1. The van der Waals surface area contributed by atoms with E-state index >= 15 is 0 Å². The van der Waals surface area contributed by atoms with Gasteiger partial charge in [-0.1, -0.05) is 41.9 Å². The molecule has 0 saturated carbocycles. The molecule has 23 heavy (non-hydrogen) atoms. The summed E-state index contributed by atoms with van der Waals surface area (Å²) in [5, 5.41) is 6.44. The minimum Gasteiger partial charge on any atom is -0.320 e. The molecule has 5 heteroatoms. The van der Waals surface area contributed by atoms with Crippen molar-refractivity contribution in [3.05, 3.63) is 70.8 Å². The molecule has 0 bridgehead atoms. The lowest BCUT2D eigenvalue weighted by Crippen LogP contribution is -2.10. The van der Waals surface area contributed by atoms with E-state index in [4.69, 9.17) is 11.6 Å². The third kappa shape index (κ3) is 2.46. The van der Waals surface area contributed by atoms with Crippen LogP contribution in [0.5, 0.6) is 0 Å². The third-order valence-electron chi connectivity index (χ3n) is 3.65. The van der Waals surface area contributed by atoms with E-state index in [0.717, 1.165) is 20.9 Å². The Morgan fingerprint density at radius 2 is 1.96 bits per heavy atom. The van der Waals surface area contributed by atoms with Crippen LogP contribution in [0.15, 0.2) is 60.9 Å². The maximum absolute atomic E-state index is 12.5. The smallest absolute Gasteiger partial charge is 0.267 e. The molecule has 3 nitrogen and oxygen atoms in total. The largest absolute Gasteiger partial charge is 0.320 e. The second kappa shape index (κ2) is 5.65. The van der Waals surface area contributed by atoms with Crippen molar-refractivity contribution in [2.75, 3.05) is 5.32 Å². The standard InChI is InChI=1S/C18H11ClN2OS/c19-16-15-13-6-2-1-4-11(13)7-8-14(15)23-17(16)18(22)21-12-5-3-9-20-10-12/h1-10H,(H,21,22). The maximum atomic E-state index is 12.5. The normalized spacial score (nSPS) is 11.0. The van der Waals surface area contributed by atoms with Crippen LogP contribution in [0.25, 0.3) is 20.9 Å². The van der Waals surface area contributed by atoms with Crippen LogP contribution < -0.4 is 5.32 Å². The minimum atomic E-state index is -0.215. The van der Waals surface area contributed by atoms with Gasteiger partial charge in [0.1, 0.15) is 4.88 Å². The number of thiophene rings is 1. The first kappa shape index (κ1) is 14.2. The maximum Gasteiger partial charge on any atom is 0.267 e. The van der Waals surface area contributed by atoms with Gasteiger partial charge in [0.05, 0.1) is 16.9 Å². The molecule has 2 heterocycles. The van der Waals surface area contributed by atoms with Gasteiger partial charge in [-0.15, -0.1) is 11.3 Å². The van der Waals surface area contributed by atoms with Gasteiger partial charge in [0.2, 0.25) is 0 Å². The lowest BCUT2D eigenvalue weighted by atomic mass is 10.1. The molecule has 1 amide bonds. The zero-order valence-electron chi connectivity index (χ0n) is 11.9. The summed E-state index contributed by atoms with van der Waals surface area (Å²) in [5.41, 5.74) is 0.649. The van der Waals surface area contributed by atoms with Gasteiger partial charge in [0.15, 0.2) is 0 Å². The Balaban J connectivity index is 1.83. The predicted octanol–water partition coefficient (Wildman–Crippen LogP) is 5.36. The van der Waals surface area contributed by atoms with E-state index in [9.17, 15) is 4.79 Å². The molecule has 0 radical (unpaired) electrons. The summed E-state index contributed by atoms with van der Waals surface area (Å²) in [7, 11) is 0. The number of hydrogen-bond acceptors (Lipinski definition) is 3. The Hall–Kier alpha value is -2.43. The van der Waals surface area contributed by atoms with Crippen LogP contribution in [0.2, 0.25) is 5.02 Å². The van der Waals surface area contributed by atoms with E-state index in [1.165, 1.54) is 11.3 Å². The molecule has 1 N–H and O–H groups in total. The summed E-state index contributed by atoms with van der Waals surface area (Å²) >= 11 is 7.93. The molecule has 2 aromatic heterocycles. The summed E-state index contributed by atoms with van der Waals surface area (Å²) in [5.74, 6) is -0.215. The Kier molecular flexibility index (Phi) is 3.48. The highest BCUT2D eigenvalue weighted by Crippen LogP contribution is 2.39. The Bertz CT molecular complexity index is 1030. The number of nitrogens with one attached hydrogen (secondary N) is 1. The predicted molar refractivity (Wildman–Crippen MR) is 96.5 cm³/mol. The average molecular weight is 339 g/mol. The van der Waals surface area contributed by atoms with Crippen LogP contribution in [-0.4, -0.2) is 10.9 Å². The first-order valence-electron chi connectivity index (χ1n) is 7.05. The molecule has 0 saturated heterocycles. The van der Waals surface area contributed by atoms with Crippen molar-refractivity contribution in [1.82, 2.24) is 4.98 Å². The van der Waals surface area contributed by atoms with Gasteiger partial charge in [0.25, 0.3) is 5.91 Å². The monoisotopic (exact) mass is 338 g/mol. The highest BCUT2D eigenvalue weighted by molar-refractivity contribution is 7.22. The fourth-order valence-electron chi connectivity index (χ4n) is 2.60. The van der Waals surface area contributed by atoms with Crippen molar-refractivity contribution in [2.24, 2.45) is 0 Å². The van der Waals surface area contributed by atoms with Crippen LogP contribution in [0.1, 0.15) is 9.67 Å². The topological polar surface area (TPSA) is 42.0 Å². The van der Waals surface area contributed by atoms with Gasteiger partial charge in [-0.2, -0.15) is 0 Å². The van der Waals surface area contributed by atoms with Gasteiger partial charge in [0, 0.05) is 16.3 Å². The van der Waals surface area contributed by atoms with Crippen molar-refractivity contribution in [2.45, 2.75) is 0 Å². The first-order valence-corrected chi connectivity index (χ1v) is 8.24. The Labute approximate surface area is 141 Å². The number of rotatable bonds is 2. The number of nitrogens with zero attached hydrogens (tertiary/aromatic N) is 1. The average Bonchev–Trinajstić information content (AvgIpc) is 2.93. The molecule has 2 aromatic carbocycles. The van der Waals surface area contributed by atoms with Gasteiger partial charge in [-0.05, 0) is 29.0 Å². The molecule has 0 fully saturated rings. The molecule has 112 valence electrons. The number of halogens is 1. The van der Waals surface area contributed by atoms with Crippen molar-refractivity contribution in [3.63, 3.8) is 0 Å². The number of hydrogen-bond donors (Lipinski definition) is 1. The number of amides is 1. The molecule has 0 unspecified atom stereocenters. The number of benzene rings is 2. The van der Waals surface area contributed by atoms with E-state index in [1.54, 1.807) is 24.5 Å². The highest BCUT2D eigenvalue weighted by atomic mass is 35.5. The van der Waals surface area contributed by atoms with Crippen LogP contribution in [0.4, 0.5) is 5.69 Å². The number of pyridine rings is 1. The van der Waals surface area contributed by atoms with E-state index in [0.29, 0.717) is 15.6 Å².